The monoisotopic (exact) mass is 491 g/mol. The van der Waals surface area contributed by atoms with Crippen molar-refractivity contribution in [2.45, 2.75) is 30.5 Å². The minimum atomic E-state index is -3.55. The van der Waals surface area contributed by atoms with Gasteiger partial charge in [0.2, 0.25) is 5.95 Å². The number of nitro benzene ring substituents is 1. The van der Waals surface area contributed by atoms with Crippen molar-refractivity contribution in [3.8, 4) is 5.75 Å². The molecule has 10 nitrogen and oxygen atoms in total. The lowest BCUT2D eigenvalue weighted by atomic mass is 10.2. The van der Waals surface area contributed by atoms with Gasteiger partial charge in [-0.25, -0.2) is 13.4 Å². The molecule has 0 spiro atoms. The lowest BCUT2D eigenvalue weighted by Crippen LogP contribution is -2.15. The number of hydrogen-bond donors (Lipinski definition) is 2. The second kappa shape index (κ2) is 10.0. The molecule has 0 aliphatic carbocycles. The van der Waals surface area contributed by atoms with Crippen molar-refractivity contribution in [2.75, 3.05) is 17.7 Å². The highest BCUT2D eigenvalue weighted by Gasteiger charge is 2.23. The van der Waals surface area contributed by atoms with Crippen LogP contribution in [0.15, 0.2) is 53.6 Å². The molecule has 1 heterocycles. The summed E-state index contributed by atoms with van der Waals surface area (Å²) < 4.78 is 30.7. The van der Waals surface area contributed by atoms with E-state index >= 15 is 0 Å². The molecule has 1 aromatic heterocycles. The van der Waals surface area contributed by atoms with Gasteiger partial charge in [-0.3, -0.25) is 10.1 Å². The molecule has 2 N–H and O–H groups in total. The fourth-order valence-corrected chi connectivity index (χ4v) is 4.27. The van der Waals surface area contributed by atoms with Crippen LogP contribution in [0.5, 0.6) is 5.75 Å². The molecule has 0 amide bonds. The molecule has 2 aromatic carbocycles. The van der Waals surface area contributed by atoms with Gasteiger partial charge in [-0.2, -0.15) is 4.98 Å². The van der Waals surface area contributed by atoms with Crippen LogP contribution in [0.1, 0.15) is 19.4 Å². The van der Waals surface area contributed by atoms with Crippen LogP contribution in [0.4, 0.5) is 23.1 Å². The maximum atomic E-state index is 12.7. The Morgan fingerprint density at radius 3 is 2.61 bits per heavy atom. The smallest absolute Gasteiger partial charge is 0.270 e. The minimum Gasteiger partial charge on any atom is -0.496 e. The molecule has 0 fully saturated rings. The molecular formula is C21H22ClN5O5S. The topological polar surface area (TPSA) is 136 Å². The van der Waals surface area contributed by atoms with E-state index < -0.39 is 20.0 Å². The van der Waals surface area contributed by atoms with Crippen LogP contribution in [0.25, 0.3) is 0 Å². The average Bonchev–Trinajstić information content (AvgIpc) is 2.79. The first-order valence-electron chi connectivity index (χ1n) is 9.81. The lowest BCUT2D eigenvalue weighted by molar-refractivity contribution is -0.384. The van der Waals surface area contributed by atoms with E-state index in [1.165, 1.54) is 37.6 Å². The Labute approximate surface area is 196 Å². The molecule has 12 heteroatoms. The molecule has 0 aliphatic rings. The first-order valence-corrected chi connectivity index (χ1v) is 11.7. The first kappa shape index (κ1) is 24.2. The maximum absolute atomic E-state index is 12.7. The third kappa shape index (κ3) is 5.49. The number of methoxy groups -OCH3 is 1. The molecule has 174 valence electrons. The zero-order valence-corrected chi connectivity index (χ0v) is 19.6. The zero-order chi connectivity index (χ0) is 24.2. The Balaban J connectivity index is 1.87. The molecule has 33 heavy (non-hydrogen) atoms. The van der Waals surface area contributed by atoms with E-state index in [2.05, 4.69) is 20.6 Å². The maximum Gasteiger partial charge on any atom is 0.270 e. The van der Waals surface area contributed by atoms with Gasteiger partial charge in [-0.1, -0.05) is 23.7 Å². The number of halogens is 1. The summed E-state index contributed by atoms with van der Waals surface area (Å²) in [6, 6.07) is 10.7. The number of rotatable bonds is 9. The fourth-order valence-electron chi connectivity index (χ4n) is 2.93. The molecule has 0 bridgehead atoms. The summed E-state index contributed by atoms with van der Waals surface area (Å²) in [6.45, 7) is 3.35. The largest absolute Gasteiger partial charge is 0.496 e. The number of sulfone groups is 1. The summed E-state index contributed by atoms with van der Waals surface area (Å²) in [7, 11) is -2.08. The van der Waals surface area contributed by atoms with Gasteiger partial charge in [0.15, 0.2) is 15.7 Å². The molecular weight excluding hydrogens is 470 g/mol. The Bertz CT molecular complexity index is 1280. The second-order valence-electron chi connectivity index (χ2n) is 7.21. The van der Waals surface area contributed by atoms with Crippen LogP contribution in [0, 0.1) is 10.1 Å². The molecule has 0 unspecified atom stereocenters. The quantitative estimate of drug-likeness (QED) is 0.325. The number of para-hydroxylation sites is 1. The molecule has 0 saturated heterocycles. The second-order valence-corrected chi connectivity index (χ2v) is 10.1. The van der Waals surface area contributed by atoms with E-state index in [1.54, 1.807) is 32.0 Å². The van der Waals surface area contributed by atoms with Crippen LogP contribution in [-0.4, -0.2) is 35.7 Å². The number of aromatic nitrogens is 2. The summed E-state index contributed by atoms with van der Waals surface area (Å²) in [6.07, 6.45) is 1.36. The third-order valence-electron chi connectivity index (χ3n) is 4.72. The minimum absolute atomic E-state index is 0.0741. The number of nitrogens with one attached hydrogen (secondary N) is 2. The van der Waals surface area contributed by atoms with Gasteiger partial charge in [0.1, 0.15) is 10.8 Å². The predicted molar refractivity (Wildman–Crippen MR) is 126 cm³/mol. The summed E-state index contributed by atoms with van der Waals surface area (Å²) in [5.41, 5.74) is 0.793. The van der Waals surface area contributed by atoms with Gasteiger partial charge in [0.05, 0.1) is 34.1 Å². The van der Waals surface area contributed by atoms with Gasteiger partial charge in [-0.15, -0.1) is 0 Å². The lowest BCUT2D eigenvalue weighted by Gasteiger charge is -2.15. The zero-order valence-electron chi connectivity index (χ0n) is 18.1. The van der Waals surface area contributed by atoms with Crippen LogP contribution in [0.3, 0.4) is 0 Å². The average molecular weight is 492 g/mol. The number of anilines is 3. The molecule has 0 aliphatic heterocycles. The normalized spacial score (nSPS) is 11.3. The Hall–Kier alpha value is -3.44. The number of hydrogen-bond acceptors (Lipinski definition) is 9. The summed E-state index contributed by atoms with van der Waals surface area (Å²) >= 11 is 6.24. The summed E-state index contributed by atoms with van der Waals surface area (Å²) in [5, 5.41) is 16.6. The predicted octanol–water partition coefficient (Wildman–Crippen LogP) is 4.58. The molecule has 0 atom stereocenters. The van der Waals surface area contributed by atoms with E-state index in [0.717, 1.165) is 0 Å². The van der Waals surface area contributed by atoms with Crippen molar-refractivity contribution in [1.29, 1.82) is 0 Å². The van der Waals surface area contributed by atoms with Crippen molar-refractivity contribution in [2.24, 2.45) is 0 Å². The standard InChI is InChI=1S/C21H22ClN5O5S/c1-13(2)33(30,31)19-7-5-4-6-17(19)25-20-16(22)12-24-21(26-20)23-11-14-10-15(27(28)29)8-9-18(14)32-3/h4-10,12-13H,11H2,1-3H3,(H2,23,24,25,26). The highest BCUT2D eigenvalue weighted by molar-refractivity contribution is 7.92. The van der Waals surface area contributed by atoms with E-state index in [4.69, 9.17) is 16.3 Å². The molecule has 0 saturated carbocycles. The van der Waals surface area contributed by atoms with Gasteiger partial charge < -0.3 is 15.4 Å². The summed E-state index contributed by atoms with van der Waals surface area (Å²) in [5.74, 6) is 0.847. The van der Waals surface area contributed by atoms with E-state index in [0.29, 0.717) is 17.0 Å². The highest BCUT2D eigenvalue weighted by Crippen LogP contribution is 2.30. The SMILES string of the molecule is COc1ccc([N+](=O)[O-])cc1CNc1ncc(Cl)c(Nc2ccccc2S(=O)(=O)C(C)C)n1. The first-order chi connectivity index (χ1) is 15.6. The van der Waals surface area contributed by atoms with Crippen LogP contribution in [0.2, 0.25) is 5.02 Å². The molecule has 3 rings (SSSR count). The number of benzene rings is 2. The van der Waals surface area contributed by atoms with Crippen LogP contribution >= 0.6 is 11.6 Å². The van der Waals surface area contributed by atoms with Crippen LogP contribution < -0.4 is 15.4 Å². The van der Waals surface area contributed by atoms with Crippen molar-refractivity contribution < 1.29 is 18.1 Å². The number of non-ortho nitro benzene ring substituents is 1. The Morgan fingerprint density at radius 1 is 1.21 bits per heavy atom. The van der Waals surface area contributed by atoms with E-state index in [-0.39, 0.29) is 33.9 Å². The van der Waals surface area contributed by atoms with Crippen molar-refractivity contribution in [3.63, 3.8) is 0 Å². The number of nitrogens with zero attached hydrogens (tertiary/aromatic N) is 3. The van der Waals surface area contributed by atoms with E-state index in [1.807, 2.05) is 0 Å². The third-order valence-corrected chi connectivity index (χ3v) is 7.21. The molecule has 0 radical (unpaired) electrons. The van der Waals surface area contributed by atoms with Gasteiger partial charge >= 0.3 is 0 Å². The highest BCUT2D eigenvalue weighted by atomic mass is 35.5. The Morgan fingerprint density at radius 2 is 1.94 bits per heavy atom. The van der Waals surface area contributed by atoms with Gasteiger partial charge in [0, 0.05) is 24.2 Å². The van der Waals surface area contributed by atoms with Crippen molar-refractivity contribution >= 4 is 44.6 Å². The van der Waals surface area contributed by atoms with Gasteiger partial charge in [0.25, 0.3) is 5.69 Å². The van der Waals surface area contributed by atoms with Crippen molar-refractivity contribution in [3.05, 3.63) is 69.4 Å². The number of ether oxygens (including phenoxy) is 1. The molecule has 3 aromatic rings. The van der Waals surface area contributed by atoms with Crippen LogP contribution in [-0.2, 0) is 16.4 Å². The Kier molecular flexibility index (Phi) is 7.34. The van der Waals surface area contributed by atoms with E-state index in [9.17, 15) is 18.5 Å². The number of nitro groups is 1. The van der Waals surface area contributed by atoms with Gasteiger partial charge in [-0.05, 0) is 32.0 Å². The van der Waals surface area contributed by atoms with Crippen molar-refractivity contribution in [1.82, 2.24) is 9.97 Å². The summed E-state index contributed by atoms with van der Waals surface area (Å²) in [4.78, 5) is 19.2. The fraction of sp³-hybridized carbons (Fsp3) is 0.238.